The molecular weight excluding hydrogens is 346 g/mol. The number of imidazole rings is 1. The van der Waals surface area contributed by atoms with Crippen LogP contribution in [0.4, 0.5) is 5.82 Å². The molecule has 2 heterocycles. The van der Waals surface area contributed by atoms with E-state index >= 15 is 0 Å². The van der Waals surface area contributed by atoms with E-state index in [0.717, 1.165) is 17.0 Å². The number of rotatable bonds is 6. The van der Waals surface area contributed by atoms with Crippen LogP contribution >= 0.6 is 0 Å². The van der Waals surface area contributed by atoms with Gasteiger partial charge in [0.05, 0.1) is 19.0 Å². The number of amides is 2. The van der Waals surface area contributed by atoms with Crippen LogP contribution in [-0.4, -0.2) is 52.5 Å². The van der Waals surface area contributed by atoms with Gasteiger partial charge in [0, 0.05) is 32.5 Å². The third-order valence-electron chi connectivity index (χ3n) is 4.02. The summed E-state index contributed by atoms with van der Waals surface area (Å²) in [7, 11) is 4.94. The molecule has 140 valence electrons. The molecule has 0 unspecified atom stereocenters. The molecule has 27 heavy (non-hydrogen) atoms. The molecule has 2 amide bonds. The predicted molar refractivity (Wildman–Crippen MR) is 102 cm³/mol. The summed E-state index contributed by atoms with van der Waals surface area (Å²) < 4.78 is 6.85. The number of methoxy groups -OCH3 is 1. The number of benzene rings is 1. The minimum atomic E-state index is -0.262. The maximum absolute atomic E-state index is 12.0. The number of nitrogens with one attached hydrogen (secondary N) is 1. The summed E-state index contributed by atoms with van der Waals surface area (Å²) >= 11 is 0. The summed E-state index contributed by atoms with van der Waals surface area (Å²) in [5.74, 6) is 0.791. The first kappa shape index (κ1) is 18.4. The first-order chi connectivity index (χ1) is 13.0. The SMILES string of the molecule is COc1cccc(-c2ccc3nc(NC(=O)CCC(=O)N(C)C)cn3n2)c1. The fraction of sp³-hybridized carbons (Fsp3) is 0.263. The second kappa shape index (κ2) is 7.86. The molecule has 0 saturated heterocycles. The summed E-state index contributed by atoms with van der Waals surface area (Å²) in [6, 6.07) is 11.3. The topological polar surface area (TPSA) is 88.8 Å². The molecule has 0 spiro atoms. The lowest BCUT2D eigenvalue weighted by Crippen LogP contribution is -2.23. The highest BCUT2D eigenvalue weighted by molar-refractivity contribution is 5.92. The minimum absolute atomic E-state index is 0.0928. The van der Waals surface area contributed by atoms with Gasteiger partial charge in [-0.25, -0.2) is 9.50 Å². The Labute approximate surface area is 156 Å². The van der Waals surface area contributed by atoms with Gasteiger partial charge in [-0.2, -0.15) is 5.10 Å². The highest BCUT2D eigenvalue weighted by Gasteiger charge is 2.11. The van der Waals surface area contributed by atoms with Crippen molar-refractivity contribution in [1.29, 1.82) is 0 Å². The Kier molecular flexibility index (Phi) is 5.35. The summed E-state index contributed by atoms with van der Waals surface area (Å²) in [5, 5.41) is 7.23. The summed E-state index contributed by atoms with van der Waals surface area (Å²) in [6.07, 6.45) is 1.91. The fourth-order valence-electron chi connectivity index (χ4n) is 2.53. The number of hydrogen-bond donors (Lipinski definition) is 1. The van der Waals surface area contributed by atoms with E-state index in [4.69, 9.17) is 4.74 Å². The van der Waals surface area contributed by atoms with E-state index in [1.807, 2.05) is 36.4 Å². The zero-order valence-electron chi connectivity index (χ0n) is 15.5. The van der Waals surface area contributed by atoms with E-state index in [1.54, 1.807) is 31.9 Å². The van der Waals surface area contributed by atoms with Crippen LogP contribution in [0.15, 0.2) is 42.6 Å². The van der Waals surface area contributed by atoms with E-state index in [2.05, 4.69) is 15.4 Å². The van der Waals surface area contributed by atoms with Crippen molar-refractivity contribution in [3.8, 4) is 17.0 Å². The van der Waals surface area contributed by atoms with Gasteiger partial charge in [0.25, 0.3) is 0 Å². The second-order valence-corrected chi connectivity index (χ2v) is 6.22. The molecule has 0 aliphatic carbocycles. The normalized spacial score (nSPS) is 10.6. The zero-order chi connectivity index (χ0) is 19.4. The Morgan fingerprint density at radius 3 is 2.74 bits per heavy atom. The number of aromatic nitrogens is 3. The molecule has 0 aliphatic heterocycles. The highest BCUT2D eigenvalue weighted by atomic mass is 16.5. The largest absolute Gasteiger partial charge is 0.497 e. The van der Waals surface area contributed by atoms with Crippen LogP contribution in [0.25, 0.3) is 16.9 Å². The number of carbonyl (C=O) groups is 2. The number of nitrogens with zero attached hydrogens (tertiary/aromatic N) is 4. The lowest BCUT2D eigenvalue weighted by molar-refractivity contribution is -0.130. The fourth-order valence-corrected chi connectivity index (χ4v) is 2.53. The second-order valence-electron chi connectivity index (χ2n) is 6.22. The zero-order valence-corrected chi connectivity index (χ0v) is 15.5. The van der Waals surface area contributed by atoms with E-state index in [-0.39, 0.29) is 24.7 Å². The molecule has 0 atom stereocenters. The number of ether oxygens (including phenoxy) is 1. The summed E-state index contributed by atoms with van der Waals surface area (Å²) in [6.45, 7) is 0. The third kappa shape index (κ3) is 4.41. The number of hydrogen-bond acceptors (Lipinski definition) is 5. The number of carbonyl (C=O) groups excluding carboxylic acids is 2. The van der Waals surface area contributed by atoms with Gasteiger partial charge in [0.15, 0.2) is 11.5 Å². The van der Waals surface area contributed by atoms with Crippen LogP contribution in [0, 0.1) is 0 Å². The van der Waals surface area contributed by atoms with Crippen molar-refractivity contribution in [1.82, 2.24) is 19.5 Å². The molecule has 3 rings (SSSR count). The Balaban J connectivity index is 1.74. The van der Waals surface area contributed by atoms with Crippen LogP contribution in [-0.2, 0) is 9.59 Å². The van der Waals surface area contributed by atoms with Crippen molar-refractivity contribution in [3.05, 3.63) is 42.6 Å². The van der Waals surface area contributed by atoms with E-state index < -0.39 is 0 Å². The van der Waals surface area contributed by atoms with Crippen molar-refractivity contribution in [2.45, 2.75) is 12.8 Å². The summed E-state index contributed by atoms with van der Waals surface area (Å²) in [4.78, 5) is 29.4. The van der Waals surface area contributed by atoms with Gasteiger partial charge >= 0.3 is 0 Å². The summed E-state index contributed by atoms with van der Waals surface area (Å²) in [5.41, 5.74) is 2.28. The average molecular weight is 367 g/mol. The maximum atomic E-state index is 12.0. The smallest absolute Gasteiger partial charge is 0.226 e. The van der Waals surface area contributed by atoms with Crippen LogP contribution in [0.5, 0.6) is 5.75 Å². The molecule has 8 nitrogen and oxygen atoms in total. The molecule has 1 N–H and O–H groups in total. The quantitative estimate of drug-likeness (QED) is 0.722. The monoisotopic (exact) mass is 367 g/mol. The van der Waals surface area contributed by atoms with Gasteiger partial charge in [0.1, 0.15) is 5.75 Å². The van der Waals surface area contributed by atoms with Crippen molar-refractivity contribution < 1.29 is 14.3 Å². The molecule has 0 saturated carbocycles. The Morgan fingerprint density at radius 1 is 1.19 bits per heavy atom. The van der Waals surface area contributed by atoms with Gasteiger partial charge in [-0.3, -0.25) is 9.59 Å². The first-order valence-corrected chi connectivity index (χ1v) is 8.47. The van der Waals surface area contributed by atoms with Crippen LogP contribution in [0.1, 0.15) is 12.8 Å². The van der Waals surface area contributed by atoms with E-state index in [1.165, 1.54) is 4.90 Å². The van der Waals surface area contributed by atoms with Gasteiger partial charge in [0.2, 0.25) is 11.8 Å². The standard InChI is InChI=1S/C19H21N5O3/c1-23(2)19(26)10-9-18(25)21-16-12-24-17(20-16)8-7-15(22-24)13-5-4-6-14(11-13)27-3/h4-8,11-12H,9-10H2,1-3H3,(H,21,25). The van der Waals surface area contributed by atoms with Gasteiger partial charge in [-0.15, -0.1) is 0 Å². The molecule has 0 radical (unpaired) electrons. The van der Waals surface area contributed by atoms with Gasteiger partial charge in [-0.05, 0) is 24.3 Å². The Bertz CT molecular complexity index is 980. The van der Waals surface area contributed by atoms with E-state index in [0.29, 0.717) is 11.5 Å². The molecular formula is C19H21N5O3. The van der Waals surface area contributed by atoms with Crippen LogP contribution in [0.2, 0.25) is 0 Å². The highest BCUT2D eigenvalue weighted by Crippen LogP contribution is 2.22. The van der Waals surface area contributed by atoms with Crippen molar-refractivity contribution in [3.63, 3.8) is 0 Å². The lowest BCUT2D eigenvalue weighted by atomic mass is 10.1. The van der Waals surface area contributed by atoms with Crippen LogP contribution < -0.4 is 10.1 Å². The lowest BCUT2D eigenvalue weighted by Gasteiger charge is -2.09. The van der Waals surface area contributed by atoms with Crippen molar-refractivity contribution in [2.75, 3.05) is 26.5 Å². The maximum Gasteiger partial charge on any atom is 0.226 e. The molecule has 0 aliphatic rings. The molecule has 0 fully saturated rings. The molecule has 1 aromatic carbocycles. The van der Waals surface area contributed by atoms with E-state index in [9.17, 15) is 9.59 Å². The molecule has 2 aromatic heterocycles. The molecule has 3 aromatic rings. The van der Waals surface area contributed by atoms with Crippen LogP contribution in [0.3, 0.4) is 0 Å². The first-order valence-electron chi connectivity index (χ1n) is 8.47. The Hall–Kier alpha value is -3.42. The van der Waals surface area contributed by atoms with Gasteiger partial charge < -0.3 is 15.0 Å². The van der Waals surface area contributed by atoms with Crippen molar-refractivity contribution >= 4 is 23.3 Å². The average Bonchev–Trinajstić information content (AvgIpc) is 3.07. The van der Waals surface area contributed by atoms with Gasteiger partial charge in [-0.1, -0.05) is 12.1 Å². The third-order valence-corrected chi connectivity index (χ3v) is 4.02. The molecule has 8 heteroatoms. The minimum Gasteiger partial charge on any atom is -0.497 e. The van der Waals surface area contributed by atoms with Crippen molar-refractivity contribution in [2.24, 2.45) is 0 Å². The Morgan fingerprint density at radius 2 is 2.00 bits per heavy atom. The number of anilines is 1. The predicted octanol–water partition coefficient (Wildman–Crippen LogP) is 2.21. The number of fused-ring (bicyclic) bond motifs is 1. The molecule has 0 bridgehead atoms.